The number of H-pyrrole nitrogens is 1. The van der Waals surface area contributed by atoms with Gasteiger partial charge in [-0.05, 0) is 43.6 Å². The fraction of sp³-hybridized carbons (Fsp3) is 0.565. The molecule has 7 nitrogen and oxygen atoms in total. The van der Waals surface area contributed by atoms with E-state index >= 15 is 0 Å². The average molecular weight is 441 g/mol. The predicted molar refractivity (Wildman–Crippen MR) is 118 cm³/mol. The summed E-state index contributed by atoms with van der Waals surface area (Å²) >= 11 is 1.43. The summed E-state index contributed by atoms with van der Waals surface area (Å²) in [6.07, 6.45) is 7.64. The van der Waals surface area contributed by atoms with E-state index in [4.69, 9.17) is 4.98 Å². The number of hydrogen-bond acceptors (Lipinski definition) is 5. The molecule has 0 radical (unpaired) electrons. The van der Waals surface area contributed by atoms with E-state index in [0.717, 1.165) is 45.1 Å². The lowest BCUT2D eigenvalue weighted by molar-refractivity contribution is -0.137. The van der Waals surface area contributed by atoms with Crippen molar-refractivity contribution in [2.45, 2.75) is 64.0 Å². The summed E-state index contributed by atoms with van der Waals surface area (Å²) in [5, 5.41) is 1.89. The quantitative estimate of drug-likeness (QED) is 0.794. The minimum absolute atomic E-state index is 0.0146. The lowest BCUT2D eigenvalue weighted by Gasteiger charge is -2.31. The van der Waals surface area contributed by atoms with E-state index in [1.54, 1.807) is 4.90 Å². The molecule has 1 N–H and O–H groups in total. The van der Waals surface area contributed by atoms with Crippen LogP contribution in [0.25, 0.3) is 0 Å². The molecule has 1 aliphatic carbocycles. The number of aromatic nitrogens is 2. The van der Waals surface area contributed by atoms with Gasteiger partial charge >= 0.3 is 0 Å². The van der Waals surface area contributed by atoms with Crippen molar-refractivity contribution in [3.8, 4) is 0 Å². The number of thiophene rings is 1. The molecule has 1 saturated carbocycles. The van der Waals surface area contributed by atoms with Crippen LogP contribution in [-0.2, 0) is 17.8 Å². The molecule has 2 aromatic heterocycles. The molecular weight excluding hydrogens is 412 g/mol. The summed E-state index contributed by atoms with van der Waals surface area (Å²) in [7, 11) is 0. The molecule has 0 bridgehead atoms. The Morgan fingerprint density at radius 2 is 1.94 bits per heavy atom. The van der Waals surface area contributed by atoms with Crippen molar-refractivity contribution in [1.29, 1.82) is 0 Å². The fourth-order valence-corrected chi connectivity index (χ4v) is 5.94. The van der Waals surface area contributed by atoms with Gasteiger partial charge in [0, 0.05) is 24.6 Å². The number of hydrogen-bond donors (Lipinski definition) is 1. The van der Waals surface area contributed by atoms with Gasteiger partial charge in [-0.25, -0.2) is 4.98 Å². The molecule has 2 aromatic rings. The van der Waals surface area contributed by atoms with Crippen molar-refractivity contribution in [3.05, 3.63) is 49.8 Å². The molecule has 4 heterocycles. The SMILES string of the molecule is O=C(c1cccs1)N1CCc2c(nc(C3CCCN3C(=O)C3CCCCC3)[nH]c2=O)C1. The molecule has 0 spiro atoms. The number of nitrogens with one attached hydrogen (secondary N) is 1. The highest BCUT2D eigenvalue weighted by Gasteiger charge is 2.36. The summed E-state index contributed by atoms with van der Waals surface area (Å²) in [6.45, 7) is 1.58. The second-order valence-electron chi connectivity index (χ2n) is 8.86. The molecule has 1 saturated heterocycles. The van der Waals surface area contributed by atoms with Gasteiger partial charge in [-0.2, -0.15) is 0 Å². The summed E-state index contributed by atoms with van der Waals surface area (Å²) in [6, 6.07) is 3.53. The van der Waals surface area contributed by atoms with Crippen LogP contribution < -0.4 is 5.56 Å². The Morgan fingerprint density at radius 1 is 1.10 bits per heavy atom. The number of amides is 2. The third kappa shape index (κ3) is 3.93. The molecule has 2 aliphatic heterocycles. The summed E-state index contributed by atoms with van der Waals surface area (Å²) in [5.74, 6) is 0.893. The third-order valence-corrected chi connectivity index (χ3v) is 7.77. The van der Waals surface area contributed by atoms with Gasteiger partial charge in [0.25, 0.3) is 11.5 Å². The summed E-state index contributed by atoms with van der Waals surface area (Å²) < 4.78 is 0. The molecule has 31 heavy (non-hydrogen) atoms. The standard InChI is InChI=1S/C23H28N4O3S/c28-21-16-10-12-26(23(30)19-9-5-13-31-19)14-17(16)24-20(25-21)18-8-4-11-27(18)22(29)15-6-2-1-3-7-15/h5,9,13,15,18H,1-4,6-8,10-12,14H2,(H,24,25,28). The first-order valence-corrected chi connectivity index (χ1v) is 12.2. The first-order chi connectivity index (χ1) is 15.1. The van der Waals surface area contributed by atoms with Crippen molar-refractivity contribution in [2.24, 2.45) is 5.92 Å². The van der Waals surface area contributed by atoms with E-state index in [2.05, 4.69) is 4.98 Å². The lowest BCUT2D eigenvalue weighted by atomic mass is 9.88. The zero-order valence-electron chi connectivity index (χ0n) is 17.6. The van der Waals surface area contributed by atoms with Gasteiger partial charge in [-0.1, -0.05) is 25.3 Å². The van der Waals surface area contributed by atoms with Crippen molar-refractivity contribution in [1.82, 2.24) is 19.8 Å². The number of rotatable bonds is 3. The number of aromatic amines is 1. The van der Waals surface area contributed by atoms with Crippen molar-refractivity contribution in [3.63, 3.8) is 0 Å². The summed E-state index contributed by atoms with van der Waals surface area (Å²) in [5.41, 5.74) is 1.22. The Hall–Kier alpha value is -2.48. The van der Waals surface area contributed by atoms with E-state index < -0.39 is 0 Å². The van der Waals surface area contributed by atoms with Crippen molar-refractivity contribution < 1.29 is 9.59 Å². The molecule has 8 heteroatoms. The lowest BCUT2D eigenvalue weighted by Crippen LogP contribution is -2.41. The molecule has 5 rings (SSSR count). The first-order valence-electron chi connectivity index (χ1n) is 11.4. The Morgan fingerprint density at radius 3 is 2.71 bits per heavy atom. The molecule has 3 aliphatic rings. The second-order valence-corrected chi connectivity index (χ2v) is 9.80. The molecule has 2 fully saturated rings. The smallest absolute Gasteiger partial charge is 0.264 e. The van der Waals surface area contributed by atoms with E-state index in [1.807, 2.05) is 22.4 Å². The monoisotopic (exact) mass is 440 g/mol. The third-order valence-electron chi connectivity index (χ3n) is 6.92. The van der Waals surface area contributed by atoms with Gasteiger partial charge < -0.3 is 14.8 Å². The van der Waals surface area contributed by atoms with Crippen LogP contribution in [0.5, 0.6) is 0 Å². The largest absolute Gasteiger partial charge is 0.332 e. The maximum Gasteiger partial charge on any atom is 0.264 e. The Bertz CT molecular complexity index is 1030. The van der Waals surface area contributed by atoms with Gasteiger partial charge in [-0.15, -0.1) is 11.3 Å². The highest BCUT2D eigenvalue weighted by atomic mass is 32.1. The van der Waals surface area contributed by atoms with Crippen LogP contribution in [-0.4, -0.2) is 44.7 Å². The van der Waals surface area contributed by atoms with Crippen LogP contribution >= 0.6 is 11.3 Å². The molecule has 0 aromatic carbocycles. The van der Waals surface area contributed by atoms with Gasteiger partial charge in [0.05, 0.1) is 23.2 Å². The Balaban J connectivity index is 1.39. The van der Waals surface area contributed by atoms with Crippen molar-refractivity contribution in [2.75, 3.05) is 13.1 Å². The van der Waals surface area contributed by atoms with E-state index in [-0.39, 0.29) is 29.3 Å². The molecule has 2 amide bonds. The number of likely N-dealkylation sites (tertiary alicyclic amines) is 1. The summed E-state index contributed by atoms with van der Waals surface area (Å²) in [4.78, 5) is 51.0. The molecular formula is C23H28N4O3S. The van der Waals surface area contributed by atoms with Crippen LogP contribution in [0.3, 0.4) is 0 Å². The predicted octanol–water partition coefficient (Wildman–Crippen LogP) is 3.27. The minimum atomic E-state index is -0.171. The maximum absolute atomic E-state index is 13.2. The fourth-order valence-electron chi connectivity index (χ4n) is 5.24. The normalized spacial score (nSPS) is 21.9. The molecule has 1 unspecified atom stereocenters. The van der Waals surface area contributed by atoms with Crippen LogP contribution in [0.4, 0.5) is 0 Å². The first kappa shape index (κ1) is 20.4. The topological polar surface area (TPSA) is 86.4 Å². The van der Waals surface area contributed by atoms with Gasteiger partial charge in [0.1, 0.15) is 5.82 Å². The van der Waals surface area contributed by atoms with Crippen LogP contribution in [0.15, 0.2) is 22.3 Å². The molecule has 164 valence electrons. The number of fused-ring (bicyclic) bond motifs is 1. The molecule has 1 atom stereocenters. The van der Waals surface area contributed by atoms with Crippen LogP contribution in [0.1, 0.15) is 77.7 Å². The van der Waals surface area contributed by atoms with E-state index in [0.29, 0.717) is 41.5 Å². The number of carbonyl (C=O) groups excluding carboxylic acids is 2. The maximum atomic E-state index is 13.2. The second kappa shape index (κ2) is 8.57. The zero-order chi connectivity index (χ0) is 21.4. The van der Waals surface area contributed by atoms with Crippen molar-refractivity contribution >= 4 is 23.2 Å². The highest BCUT2D eigenvalue weighted by Crippen LogP contribution is 2.34. The van der Waals surface area contributed by atoms with Crippen LogP contribution in [0, 0.1) is 5.92 Å². The van der Waals surface area contributed by atoms with Gasteiger partial charge in [0.2, 0.25) is 5.91 Å². The zero-order valence-corrected chi connectivity index (χ0v) is 18.5. The van der Waals surface area contributed by atoms with E-state index in [9.17, 15) is 14.4 Å². The van der Waals surface area contributed by atoms with E-state index in [1.165, 1.54) is 17.8 Å². The Labute approximate surface area is 185 Å². The van der Waals surface area contributed by atoms with Gasteiger partial charge in [-0.3, -0.25) is 14.4 Å². The highest BCUT2D eigenvalue weighted by molar-refractivity contribution is 7.12. The Kier molecular flexibility index (Phi) is 5.65. The van der Waals surface area contributed by atoms with Gasteiger partial charge in [0.15, 0.2) is 0 Å². The average Bonchev–Trinajstić information content (AvgIpc) is 3.50. The number of nitrogens with zero attached hydrogens (tertiary/aromatic N) is 3. The number of carbonyl (C=O) groups is 2. The van der Waals surface area contributed by atoms with Crippen LogP contribution in [0.2, 0.25) is 0 Å². The minimum Gasteiger partial charge on any atom is -0.332 e.